The summed E-state index contributed by atoms with van der Waals surface area (Å²) in [4.78, 5) is 38.4. The van der Waals surface area contributed by atoms with Gasteiger partial charge in [-0.05, 0) is 57.8 Å². The van der Waals surface area contributed by atoms with Gasteiger partial charge in [-0.2, -0.15) is 0 Å². The molecule has 0 spiro atoms. The zero-order valence-electron chi connectivity index (χ0n) is 51.0. The number of hydrogen-bond acceptors (Lipinski definition) is 6. The summed E-state index contributed by atoms with van der Waals surface area (Å²) in [7, 11) is 0. The molecule has 0 aliphatic heterocycles. The Morgan fingerprint density at radius 2 is 0.513 bits per heavy atom. The van der Waals surface area contributed by atoms with Gasteiger partial charge in [0.25, 0.3) is 0 Å². The van der Waals surface area contributed by atoms with Crippen LogP contribution in [0.4, 0.5) is 0 Å². The smallest absolute Gasteiger partial charge is 0.306 e. The predicted octanol–water partition coefficient (Wildman–Crippen LogP) is 22.9. The summed E-state index contributed by atoms with van der Waals surface area (Å²) >= 11 is 0. The first-order valence-corrected chi connectivity index (χ1v) is 33.6. The third-order valence-corrected chi connectivity index (χ3v) is 15.1. The molecule has 0 aliphatic carbocycles. The summed E-state index contributed by atoms with van der Waals surface area (Å²) in [5, 5.41) is 0. The Labute approximate surface area is 473 Å². The van der Waals surface area contributed by atoms with Gasteiger partial charge in [0, 0.05) is 19.3 Å². The molecule has 0 aromatic carbocycles. The van der Waals surface area contributed by atoms with Crippen LogP contribution in [0.2, 0.25) is 0 Å². The molecule has 0 radical (unpaired) electrons. The van der Waals surface area contributed by atoms with E-state index in [1.807, 2.05) is 0 Å². The third kappa shape index (κ3) is 62.2. The zero-order valence-corrected chi connectivity index (χ0v) is 51.0. The van der Waals surface area contributed by atoms with Gasteiger partial charge in [-0.25, -0.2) is 0 Å². The summed E-state index contributed by atoms with van der Waals surface area (Å²) < 4.78 is 17.0. The molecule has 6 heteroatoms. The molecule has 0 bridgehead atoms. The van der Waals surface area contributed by atoms with Gasteiger partial charge in [0.05, 0.1) is 0 Å². The highest BCUT2D eigenvalue weighted by atomic mass is 16.6. The third-order valence-electron chi connectivity index (χ3n) is 15.1. The maximum Gasteiger partial charge on any atom is 0.306 e. The molecular formula is C70H128O6. The van der Waals surface area contributed by atoms with Crippen LogP contribution in [0.15, 0.2) is 48.6 Å². The molecule has 0 saturated heterocycles. The summed E-state index contributed by atoms with van der Waals surface area (Å²) in [6.45, 7) is 6.60. The minimum absolute atomic E-state index is 0.0662. The van der Waals surface area contributed by atoms with Crippen LogP contribution in [0, 0.1) is 0 Å². The van der Waals surface area contributed by atoms with Crippen molar-refractivity contribution in [3.8, 4) is 0 Å². The molecule has 76 heavy (non-hydrogen) atoms. The molecule has 0 aromatic rings. The molecule has 0 N–H and O–H groups in total. The van der Waals surface area contributed by atoms with Crippen molar-refractivity contribution in [2.45, 2.75) is 367 Å². The Morgan fingerprint density at radius 1 is 0.276 bits per heavy atom. The highest BCUT2D eigenvalue weighted by Crippen LogP contribution is 2.18. The summed E-state index contributed by atoms with van der Waals surface area (Å²) in [6.07, 6.45) is 81.2. The van der Waals surface area contributed by atoms with Crippen molar-refractivity contribution < 1.29 is 28.6 Å². The monoisotopic (exact) mass is 1060 g/mol. The van der Waals surface area contributed by atoms with Gasteiger partial charge in [-0.3, -0.25) is 14.4 Å². The maximum absolute atomic E-state index is 12.9. The molecule has 0 fully saturated rings. The van der Waals surface area contributed by atoms with Crippen LogP contribution < -0.4 is 0 Å². The largest absolute Gasteiger partial charge is 0.462 e. The normalized spacial score (nSPS) is 12.3. The van der Waals surface area contributed by atoms with Gasteiger partial charge in [0.1, 0.15) is 13.2 Å². The van der Waals surface area contributed by atoms with Crippen molar-refractivity contribution in [3.63, 3.8) is 0 Å². The van der Waals surface area contributed by atoms with Gasteiger partial charge in [0.2, 0.25) is 0 Å². The van der Waals surface area contributed by atoms with E-state index in [4.69, 9.17) is 14.2 Å². The van der Waals surface area contributed by atoms with E-state index < -0.39 is 6.10 Å². The van der Waals surface area contributed by atoms with E-state index in [2.05, 4.69) is 69.4 Å². The average molecular weight is 1070 g/mol. The van der Waals surface area contributed by atoms with E-state index in [0.29, 0.717) is 19.3 Å². The number of carbonyl (C=O) groups excluding carboxylic acids is 3. The summed E-state index contributed by atoms with van der Waals surface area (Å²) in [5.41, 5.74) is 0. The fourth-order valence-corrected chi connectivity index (χ4v) is 10.1. The molecule has 444 valence electrons. The van der Waals surface area contributed by atoms with Crippen LogP contribution in [-0.2, 0) is 28.6 Å². The van der Waals surface area contributed by atoms with Crippen LogP contribution in [0.5, 0.6) is 0 Å². The lowest BCUT2D eigenvalue weighted by atomic mass is 10.0. The average Bonchev–Trinajstić information content (AvgIpc) is 3.42. The second-order valence-electron chi connectivity index (χ2n) is 22.7. The van der Waals surface area contributed by atoms with Crippen LogP contribution in [-0.4, -0.2) is 37.2 Å². The van der Waals surface area contributed by atoms with Crippen molar-refractivity contribution in [1.82, 2.24) is 0 Å². The number of rotatable bonds is 62. The van der Waals surface area contributed by atoms with Crippen LogP contribution in [0.25, 0.3) is 0 Å². The van der Waals surface area contributed by atoms with E-state index in [1.54, 1.807) is 0 Å². The molecular weight excluding hydrogens is 937 g/mol. The molecule has 0 saturated carbocycles. The van der Waals surface area contributed by atoms with Crippen LogP contribution in [0.3, 0.4) is 0 Å². The Bertz CT molecular complexity index is 1310. The fourth-order valence-electron chi connectivity index (χ4n) is 10.1. The molecule has 1 atom stereocenters. The minimum atomic E-state index is -0.769. The van der Waals surface area contributed by atoms with E-state index in [1.165, 1.54) is 238 Å². The first-order chi connectivity index (χ1) is 37.5. The van der Waals surface area contributed by atoms with Crippen molar-refractivity contribution in [2.75, 3.05) is 13.2 Å². The number of allylic oxidation sites excluding steroid dienone is 8. The van der Waals surface area contributed by atoms with Crippen molar-refractivity contribution in [2.24, 2.45) is 0 Å². The van der Waals surface area contributed by atoms with Crippen molar-refractivity contribution >= 4 is 17.9 Å². The Balaban J connectivity index is 4.23. The van der Waals surface area contributed by atoms with Crippen molar-refractivity contribution in [1.29, 1.82) is 0 Å². The first-order valence-electron chi connectivity index (χ1n) is 33.6. The van der Waals surface area contributed by atoms with Gasteiger partial charge in [-0.1, -0.05) is 333 Å². The Hall–Kier alpha value is -2.63. The lowest BCUT2D eigenvalue weighted by molar-refractivity contribution is -0.167. The molecule has 0 aromatic heterocycles. The number of hydrogen-bond donors (Lipinski definition) is 0. The number of ether oxygens (including phenoxy) is 3. The van der Waals surface area contributed by atoms with E-state index in [9.17, 15) is 14.4 Å². The van der Waals surface area contributed by atoms with Crippen LogP contribution in [0.1, 0.15) is 361 Å². The lowest BCUT2D eigenvalue weighted by Crippen LogP contribution is -2.30. The topological polar surface area (TPSA) is 78.9 Å². The van der Waals surface area contributed by atoms with Gasteiger partial charge in [0.15, 0.2) is 6.10 Å². The SMILES string of the molecule is CC/C=C\C/C=C\C/C=C\C/C=C\CCCCCCCCCCCCCCCCC(=O)OCC(COC(=O)CCCCCCCCCCCCCCCCC)OC(=O)CCCCCCCCCCCCCCCCCC. The van der Waals surface area contributed by atoms with Gasteiger partial charge in [-0.15, -0.1) is 0 Å². The van der Waals surface area contributed by atoms with E-state index in [0.717, 1.165) is 83.5 Å². The fraction of sp³-hybridized carbons (Fsp3) is 0.843. The van der Waals surface area contributed by atoms with E-state index >= 15 is 0 Å². The highest BCUT2D eigenvalue weighted by Gasteiger charge is 2.19. The second kappa shape index (κ2) is 64.9. The molecule has 0 aliphatic rings. The standard InChI is InChI=1S/C70H128O6/c1-4-7-10-13-16-19-22-25-28-30-31-32-33-34-35-36-37-38-39-40-43-45-48-51-54-57-60-63-69(72)75-66-67(65-74-68(71)62-59-56-53-50-47-44-41-27-24-21-18-15-12-9-6-3)76-70(73)64-61-58-55-52-49-46-42-29-26-23-20-17-14-11-8-5-2/h7,10,16,19,25,28,31-32,67H,4-6,8-9,11-15,17-18,20-24,26-27,29-30,33-66H2,1-3H3/b10-7-,19-16-,28-25-,32-31-. The minimum Gasteiger partial charge on any atom is -0.462 e. The number of unbranched alkanes of at least 4 members (excludes halogenated alkanes) is 43. The lowest BCUT2D eigenvalue weighted by Gasteiger charge is -2.18. The zero-order chi connectivity index (χ0) is 55.0. The predicted molar refractivity (Wildman–Crippen MR) is 330 cm³/mol. The molecule has 0 heterocycles. The Morgan fingerprint density at radius 3 is 0.803 bits per heavy atom. The van der Waals surface area contributed by atoms with Gasteiger partial charge < -0.3 is 14.2 Å². The highest BCUT2D eigenvalue weighted by molar-refractivity contribution is 5.71. The number of carbonyl (C=O) groups is 3. The Kier molecular flexibility index (Phi) is 62.6. The number of esters is 3. The van der Waals surface area contributed by atoms with E-state index in [-0.39, 0.29) is 31.1 Å². The first kappa shape index (κ1) is 73.4. The molecule has 6 nitrogen and oxygen atoms in total. The summed E-state index contributed by atoms with van der Waals surface area (Å²) in [5.74, 6) is -0.839. The van der Waals surface area contributed by atoms with Crippen molar-refractivity contribution in [3.05, 3.63) is 48.6 Å². The second-order valence-corrected chi connectivity index (χ2v) is 22.7. The quantitative estimate of drug-likeness (QED) is 0.0261. The van der Waals surface area contributed by atoms with Crippen LogP contribution >= 0.6 is 0 Å². The van der Waals surface area contributed by atoms with Gasteiger partial charge >= 0.3 is 17.9 Å². The molecule has 0 amide bonds. The summed E-state index contributed by atoms with van der Waals surface area (Å²) in [6, 6.07) is 0. The molecule has 0 rings (SSSR count). The maximum atomic E-state index is 12.9. The molecule has 1 unspecified atom stereocenters.